The van der Waals surface area contributed by atoms with Crippen LogP contribution in [0.2, 0.25) is 0 Å². The second-order valence-corrected chi connectivity index (χ2v) is 6.77. The van der Waals surface area contributed by atoms with Gasteiger partial charge in [0.1, 0.15) is 5.75 Å². The van der Waals surface area contributed by atoms with E-state index >= 15 is 0 Å². The van der Waals surface area contributed by atoms with E-state index in [1.807, 2.05) is 23.1 Å². The molecule has 1 heterocycles. The summed E-state index contributed by atoms with van der Waals surface area (Å²) >= 11 is 0. The minimum absolute atomic E-state index is 0. The van der Waals surface area contributed by atoms with Crippen LogP contribution in [0.25, 0.3) is 0 Å². The molecule has 2 rings (SSSR count). The van der Waals surface area contributed by atoms with Crippen molar-refractivity contribution >= 4 is 18.3 Å². The van der Waals surface area contributed by atoms with Gasteiger partial charge in [0.2, 0.25) is 0 Å². The smallest absolute Gasteiger partial charge is 0.260 e. The highest BCUT2D eigenvalue weighted by molar-refractivity contribution is 5.85. The van der Waals surface area contributed by atoms with Crippen LogP contribution < -0.4 is 10.1 Å². The molecule has 0 aromatic heterocycles. The molecule has 0 radical (unpaired) electrons. The Morgan fingerprint density at radius 2 is 1.96 bits per heavy atom. The van der Waals surface area contributed by atoms with Gasteiger partial charge in [-0.25, -0.2) is 0 Å². The minimum atomic E-state index is 0. The lowest BCUT2D eigenvalue weighted by Gasteiger charge is -2.32. The predicted molar refractivity (Wildman–Crippen MR) is 106 cm³/mol. The van der Waals surface area contributed by atoms with Crippen LogP contribution in [0.5, 0.6) is 5.75 Å². The summed E-state index contributed by atoms with van der Waals surface area (Å²) in [6.45, 7) is 10.4. The van der Waals surface area contributed by atoms with E-state index in [2.05, 4.69) is 32.2 Å². The number of para-hydroxylation sites is 1. The van der Waals surface area contributed by atoms with E-state index in [9.17, 15) is 4.79 Å². The molecule has 1 fully saturated rings. The normalized spacial score (nSPS) is 16.2. The summed E-state index contributed by atoms with van der Waals surface area (Å²) < 4.78 is 5.86. The maximum atomic E-state index is 12.4. The third-order valence-electron chi connectivity index (χ3n) is 5.06. The number of carbonyl (C=O) groups excluding carboxylic acids is 1. The van der Waals surface area contributed by atoms with Crippen molar-refractivity contribution in [2.75, 3.05) is 32.8 Å². The van der Waals surface area contributed by atoms with E-state index in [0.717, 1.165) is 51.2 Å². The highest BCUT2D eigenvalue weighted by Gasteiger charge is 2.23. The molecule has 1 atom stereocenters. The molecule has 1 aliphatic rings. The van der Waals surface area contributed by atoms with Gasteiger partial charge < -0.3 is 15.0 Å². The molecular formula is C20H33ClN2O2. The quantitative estimate of drug-likeness (QED) is 0.757. The molecule has 0 aliphatic carbocycles. The van der Waals surface area contributed by atoms with Crippen LogP contribution in [0.1, 0.15) is 51.5 Å². The first-order chi connectivity index (χ1) is 11.7. The van der Waals surface area contributed by atoms with E-state index in [4.69, 9.17) is 4.74 Å². The van der Waals surface area contributed by atoms with Gasteiger partial charge in [0.15, 0.2) is 6.61 Å². The fraction of sp³-hybridized carbons (Fsp3) is 0.650. The molecule has 25 heavy (non-hydrogen) atoms. The van der Waals surface area contributed by atoms with Crippen LogP contribution in [-0.2, 0) is 4.79 Å². The number of hydrogen-bond donors (Lipinski definition) is 1. The van der Waals surface area contributed by atoms with Crippen LogP contribution in [0.15, 0.2) is 24.3 Å². The molecule has 1 aromatic carbocycles. The lowest BCUT2D eigenvalue weighted by molar-refractivity contribution is -0.134. The van der Waals surface area contributed by atoms with Gasteiger partial charge in [-0.05, 0) is 55.8 Å². The Balaban J connectivity index is 0.00000312. The SMILES string of the molecule is CCNCC1CCN(C(=O)COc2ccccc2C(C)CC)CC1.Cl. The molecule has 1 aliphatic heterocycles. The lowest BCUT2D eigenvalue weighted by atomic mass is 9.97. The number of amides is 1. The summed E-state index contributed by atoms with van der Waals surface area (Å²) in [6.07, 6.45) is 3.23. The van der Waals surface area contributed by atoms with Gasteiger partial charge in [-0.2, -0.15) is 0 Å². The Labute approximate surface area is 158 Å². The van der Waals surface area contributed by atoms with Crippen molar-refractivity contribution in [3.05, 3.63) is 29.8 Å². The number of ether oxygens (including phenoxy) is 1. The van der Waals surface area contributed by atoms with Gasteiger partial charge in [-0.15, -0.1) is 12.4 Å². The first kappa shape index (κ1) is 21.8. The fourth-order valence-corrected chi connectivity index (χ4v) is 3.20. The van der Waals surface area contributed by atoms with Crippen molar-refractivity contribution in [1.29, 1.82) is 0 Å². The van der Waals surface area contributed by atoms with Crippen LogP contribution in [-0.4, -0.2) is 43.6 Å². The number of rotatable bonds is 8. The number of piperidine rings is 1. The third-order valence-corrected chi connectivity index (χ3v) is 5.06. The first-order valence-electron chi connectivity index (χ1n) is 9.35. The Kier molecular flexibility index (Phi) is 9.91. The van der Waals surface area contributed by atoms with E-state index in [1.54, 1.807) is 0 Å². The lowest BCUT2D eigenvalue weighted by Crippen LogP contribution is -2.42. The third kappa shape index (κ3) is 6.52. The largest absolute Gasteiger partial charge is 0.483 e. The van der Waals surface area contributed by atoms with Crippen molar-refractivity contribution in [3.8, 4) is 5.75 Å². The molecule has 1 N–H and O–H groups in total. The second-order valence-electron chi connectivity index (χ2n) is 6.77. The van der Waals surface area contributed by atoms with Crippen molar-refractivity contribution in [2.24, 2.45) is 5.92 Å². The molecule has 1 unspecified atom stereocenters. The molecule has 0 bridgehead atoms. The zero-order valence-corrected chi connectivity index (χ0v) is 16.6. The summed E-state index contributed by atoms with van der Waals surface area (Å²) in [5.74, 6) is 2.09. The van der Waals surface area contributed by atoms with Crippen LogP contribution >= 0.6 is 12.4 Å². The van der Waals surface area contributed by atoms with Crippen molar-refractivity contribution in [3.63, 3.8) is 0 Å². The number of halogens is 1. The highest BCUT2D eigenvalue weighted by Crippen LogP contribution is 2.28. The van der Waals surface area contributed by atoms with Gasteiger partial charge in [0.25, 0.3) is 5.91 Å². The molecule has 4 nitrogen and oxygen atoms in total. The van der Waals surface area contributed by atoms with E-state index < -0.39 is 0 Å². The van der Waals surface area contributed by atoms with Gasteiger partial charge in [0.05, 0.1) is 0 Å². The predicted octanol–water partition coefficient (Wildman–Crippen LogP) is 3.85. The second kappa shape index (κ2) is 11.4. The monoisotopic (exact) mass is 368 g/mol. The first-order valence-corrected chi connectivity index (χ1v) is 9.35. The van der Waals surface area contributed by atoms with Crippen LogP contribution in [0.3, 0.4) is 0 Å². The maximum absolute atomic E-state index is 12.4. The van der Waals surface area contributed by atoms with Crippen molar-refractivity contribution in [2.45, 2.75) is 46.0 Å². The van der Waals surface area contributed by atoms with E-state index in [-0.39, 0.29) is 24.9 Å². The van der Waals surface area contributed by atoms with Gasteiger partial charge >= 0.3 is 0 Å². The number of likely N-dealkylation sites (tertiary alicyclic amines) is 1. The van der Waals surface area contributed by atoms with E-state index in [0.29, 0.717) is 11.8 Å². The Morgan fingerprint density at radius 3 is 2.60 bits per heavy atom. The average molecular weight is 369 g/mol. The topological polar surface area (TPSA) is 41.6 Å². The van der Waals surface area contributed by atoms with Gasteiger partial charge in [-0.3, -0.25) is 4.79 Å². The Bertz CT molecular complexity index is 516. The highest BCUT2D eigenvalue weighted by atomic mass is 35.5. The number of nitrogens with one attached hydrogen (secondary N) is 1. The number of nitrogens with zero attached hydrogens (tertiary/aromatic N) is 1. The summed E-state index contributed by atoms with van der Waals surface area (Å²) in [5.41, 5.74) is 1.19. The molecule has 1 aromatic rings. The number of benzene rings is 1. The molecule has 0 spiro atoms. The molecule has 1 amide bonds. The fourth-order valence-electron chi connectivity index (χ4n) is 3.20. The Morgan fingerprint density at radius 1 is 1.28 bits per heavy atom. The Hall–Kier alpha value is -1.26. The standard InChI is InChI=1S/C20H32N2O2.ClH/c1-4-16(3)18-8-6-7-9-19(18)24-15-20(23)22-12-10-17(11-13-22)14-21-5-2;/h6-9,16-17,21H,4-5,10-15H2,1-3H3;1H. The molecular weight excluding hydrogens is 336 g/mol. The summed E-state index contributed by atoms with van der Waals surface area (Å²) in [5, 5.41) is 3.40. The number of carbonyl (C=O) groups is 1. The minimum Gasteiger partial charge on any atom is -0.483 e. The van der Waals surface area contributed by atoms with Crippen LogP contribution in [0, 0.1) is 5.92 Å². The average Bonchev–Trinajstić information content (AvgIpc) is 2.64. The number of hydrogen-bond acceptors (Lipinski definition) is 3. The summed E-state index contributed by atoms with van der Waals surface area (Å²) in [7, 11) is 0. The molecule has 5 heteroatoms. The van der Waals surface area contributed by atoms with Crippen molar-refractivity contribution in [1.82, 2.24) is 10.2 Å². The maximum Gasteiger partial charge on any atom is 0.260 e. The summed E-state index contributed by atoms with van der Waals surface area (Å²) in [6, 6.07) is 8.07. The zero-order chi connectivity index (χ0) is 17.4. The van der Waals surface area contributed by atoms with Crippen LogP contribution in [0.4, 0.5) is 0 Å². The van der Waals surface area contributed by atoms with Gasteiger partial charge in [0, 0.05) is 13.1 Å². The van der Waals surface area contributed by atoms with E-state index in [1.165, 1.54) is 5.56 Å². The molecule has 0 saturated carbocycles. The summed E-state index contributed by atoms with van der Waals surface area (Å²) in [4.78, 5) is 14.4. The molecule has 1 saturated heterocycles. The van der Waals surface area contributed by atoms with Gasteiger partial charge in [-0.1, -0.05) is 39.0 Å². The molecule has 142 valence electrons. The van der Waals surface area contributed by atoms with Crippen molar-refractivity contribution < 1.29 is 9.53 Å². The zero-order valence-electron chi connectivity index (χ0n) is 15.8.